The summed E-state index contributed by atoms with van der Waals surface area (Å²) in [6.07, 6.45) is 0. The monoisotopic (exact) mass is 268 g/mol. The van der Waals surface area contributed by atoms with E-state index in [9.17, 15) is 4.79 Å². The average Bonchev–Trinajstić information content (AvgIpc) is 2.94. The molecule has 1 amide bonds. The quantitative estimate of drug-likeness (QED) is 0.860. The van der Waals surface area contributed by atoms with Crippen LogP contribution in [0, 0.1) is 11.3 Å². The van der Waals surface area contributed by atoms with Crippen molar-refractivity contribution in [2.45, 2.75) is 19.3 Å². The fraction of sp³-hybridized carbons (Fsp3) is 0.200. The van der Waals surface area contributed by atoms with Crippen LogP contribution in [-0.2, 0) is 10.2 Å². The molecule has 3 rings (SSSR count). The second-order valence-corrected chi connectivity index (χ2v) is 6.06. The average molecular weight is 268 g/mol. The van der Waals surface area contributed by atoms with E-state index in [-0.39, 0.29) is 5.91 Å². The van der Waals surface area contributed by atoms with Crippen LogP contribution >= 0.6 is 11.3 Å². The van der Waals surface area contributed by atoms with Crippen molar-refractivity contribution in [1.82, 2.24) is 0 Å². The van der Waals surface area contributed by atoms with E-state index in [0.29, 0.717) is 5.56 Å². The summed E-state index contributed by atoms with van der Waals surface area (Å²) in [5.41, 5.74) is 3.13. The number of rotatable bonds is 1. The van der Waals surface area contributed by atoms with Gasteiger partial charge in [0, 0.05) is 15.9 Å². The number of fused-ring (bicyclic) bond motifs is 1. The zero-order valence-corrected chi connectivity index (χ0v) is 11.5. The van der Waals surface area contributed by atoms with Gasteiger partial charge < -0.3 is 5.32 Å². The molecule has 1 aromatic carbocycles. The minimum absolute atomic E-state index is 0.0311. The Labute approximate surface area is 115 Å². The van der Waals surface area contributed by atoms with Crippen molar-refractivity contribution in [3.63, 3.8) is 0 Å². The fourth-order valence-electron chi connectivity index (χ4n) is 2.27. The highest BCUT2D eigenvalue weighted by Crippen LogP contribution is 2.40. The summed E-state index contributed by atoms with van der Waals surface area (Å²) in [6, 6.07) is 9.97. The van der Waals surface area contributed by atoms with E-state index in [2.05, 4.69) is 11.4 Å². The van der Waals surface area contributed by atoms with Crippen LogP contribution in [0.2, 0.25) is 0 Å². The molecule has 3 nitrogen and oxygen atoms in total. The lowest BCUT2D eigenvalue weighted by Crippen LogP contribution is -2.26. The Balaban J connectivity index is 2.11. The fourth-order valence-corrected chi connectivity index (χ4v) is 3.10. The van der Waals surface area contributed by atoms with Gasteiger partial charge in [0.25, 0.3) is 0 Å². The van der Waals surface area contributed by atoms with Gasteiger partial charge in [-0.3, -0.25) is 4.79 Å². The number of hydrogen-bond acceptors (Lipinski definition) is 3. The number of benzene rings is 1. The Bertz CT molecular complexity index is 722. The van der Waals surface area contributed by atoms with E-state index in [1.54, 1.807) is 11.3 Å². The Morgan fingerprint density at radius 2 is 2.11 bits per heavy atom. The van der Waals surface area contributed by atoms with E-state index < -0.39 is 5.41 Å². The number of carbonyl (C=O) groups is 1. The lowest BCUT2D eigenvalue weighted by Gasteiger charge is -2.15. The molecular weight excluding hydrogens is 256 g/mol. The third kappa shape index (κ3) is 1.74. The van der Waals surface area contributed by atoms with E-state index >= 15 is 0 Å². The maximum Gasteiger partial charge on any atom is 0.234 e. The van der Waals surface area contributed by atoms with Gasteiger partial charge in [-0.05, 0) is 43.2 Å². The lowest BCUT2D eigenvalue weighted by atomic mass is 9.85. The summed E-state index contributed by atoms with van der Waals surface area (Å²) >= 11 is 1.55. The summed E-state index contributed by atoms with van der Waals surface area (Å²) in [5.74, 6) is 0.0311. The molecule has 0 saturated heterocycles. The van der Waals surface area contributed by atoms with Crippen LogP contribution in [0.1, 0.15) is 25.0 Å². The van der Waals surface area contributed by atoms with Crippen LogP contribution in [-0.4, -0.2) is 5.91 Å². The molecule has 4 heteroatoms. The molecule has 1 N–H and O–H groups in total. The summed E-state index contributed by atoms with van der Waals surface area (Å²) in [5, 5.41) is 13.6. The molecule has 2 heterocycles. The van der Waals surface area contributed by atoms with Crippen LogP contribution in [0.3, 0.4) is 0 Å². The molecule has 0 radical (unpaired) electrons. The summed E-state index contributed by atoms with van der Waals surface area (Å²) in [6.45, 7) is 3.85. The van der Waals surface area contributed by atoms with E-state index in [1.165, 1.54) is 0 Å². The molecule has 0 aliphatic carbocycles. The Hall–Kier alpha value is -2.12. The molecule has 0 saturated carbocycles. The number of nitrogens with zero attached hydrogens (tertiary/aromatic N) is 1. The van der Waals surface area contributed by atoms with Gasteiger partial charge in [0.05, 0.1) is 11.0 Å². The van der Waals surface area contributed by atoms with E-state index in [1.807, 2.05) is 43.5 Å². The van der Waals surface area contributed by atoms with Gasteiger partial charge in [0.2, 0.25) is 5.91 Å². The van der Waals surface area contributed by atoms with Crippen molar-refractivity contribution >= 4 is 22.9 Å². The molecule has 1 aromatic heterocycles. The number of anilines is 1. The number of thiophene rings is 1. The van der Waals surface area contributed by atoms with Gasteiger partial charge >= 0.3 is 0 Å². The first kappa shape index (κ1) is 11.9. The summed E-state index contributed by atoms with van der Waals surface area (Å²) in [7, 11) is 0. The predicted molar refractivity (Wildman–Crippen MR) is 76.1 cm³/mol. The normalized spacial score (nSPS) is 15.7. The van der Waals surface area contributed by atoms with Crippen molar-refractivity contribution in [1.29, 1.82) is 5.26 Å². The number of amides is 1. The standard InChI is InChI=1S/C15H12N2OS/c1-15(2)11-6-10(3-4-12(11)17-14(15)18)13-5-9(7-16)8-19-13/h3-6,8H,1-2H3,(H,17,18). The number of nitriles is 1. The number of nitrogens with one attached hydrogen (secondary N) is 1. The molecule has 0 atom stereocenters. The van der Waals surface area contributed by atoms with Gasteiger partial charge in [-0.2, -0.15) is 5.26 Å². The molecule has 0 spiro atoms. The zero-order chi connectivity index (χ0) is 13.6. The first-order chi connectivity index (χ1) is 9.02. The molecule has 19 heavy (non-hydrogen) atoms. The smallest absolute Gasteiger partial charge is 0.234 e. The topological polar surface area (TPSA) is 52.9 Å². The van der Waals surface area contributed by atoms with Crippen LogP contribution in [0.4, 0.5) is 5.69 Å². The van der Waals surface area contributed by atoms with Crippen LogP contribution in [0.15, 0.2) is 29.6 Å². The van der Waals surface area contributed by atoms with Crippen molar-refractivity contribution in [3.8, 4) is 16.5 Å². The van der Waals surface area contributed by atoms with Crippen LogP contribution in [0.5, 0.6) is 0 Å². The summed E-state index contributed by atoms with van der Waals surface area (Å²) in [4.78, 5) is 12.9. The Morgan fingerprint density at radius 3 is 2.79 bits per heavy atom. The molecular formula is C15H12N2OS. The molecule has 0 unspecified atom stereocenters. The first-order valence-electron chi connectivity index (χ1n) is 5.97. The van der Waals surface area contributed by atoms with Gasteiger partial charge in [-0.25, -0.2) is 0 Å². The first-order valence-corrected chi connectivity index (χ1v) is 6.85. The third-order valence-corrected chi connectivity index (χ3v) is 4.50. The van der Waals surface area contributed by atoms with Gasteiger partial charge in [-0.1, -0.05) is 6.07 Å². The lowest BCUT2D eigenvalue weighted by molar-refractivity contribution is -0.119. The van der Waals surface area contributed by atoms with E-state index in [4.69, 9.17) is 5.26 Å². The van der Waals surface area contributed by atoms with Crippen molar-refractivity contribution < 1.29 is 4.79 Å². The Kier molecular flexibility index (Phi) is 2.48. The minimum atomic E-state index is -0.499. The highest BCUT2D eigenvalue weighted by Gasteiger charge is 2.38. The van der Waals surface area contributed by atoms with Crippen molar-refractivity contribution in [3.05, 3.63) is 40.8 Å². The molecule has 0 bridgehead atoms. The SMILES string of the molecule is CC1(C)C(=O)Nc2ccc(-c3cc(C#N)cs3)cc21. The van der Waals surface area contributed by atoms with Gasteiger partial charge in [0.1, 0.15) is 6.07 Å². The van der Waals surface area contributed by atoms with Gasteiger partial charge in [0.15, 0.2) is 0 Å². The van der Waals surface area contributed by atoms with Crippen LogP contribution in [0.25, 0.3) is 10.4 Å². The second-order valence-electron chi connectivity index (χ2n) is 5.15. The van der Waals surface area contributed by atoms with Crippen molar-refractivity contribution in [2.75, 3.05) is 5.32 Å². The summed E-state index contributed by atoms with van der Waals surface area (Å²) < 4.78 is 0. The van der Waals surface area contributed by atoms with Crippen molar-refractivity contribution in [2.24, 2.45) is 0 Å². The zero-order valence-electron chi connectivity index (χ0n) is 10.7. The maximum atomic E-state index is 11.9. The maximum absolute atomic E-state index is 11.9. The second kappa shape index (κ2) is 3.94. The molecule has 1 aliphatic heterocycles. The molecule has 2 aromatic rings. The predicted octanol–water partition coefficient (Wildman–Crippen LogP) is 3.52. The highest BCUT2D eigenvalue weighted by atomic mass is 32.1. The molecule has 1 aliphatic rings. The van der Waals surface area contributed by atoms with Crippen LogP contribution < -0.4 is 5.32 Å². The number of carbonyl (C=O) groups excluding carboxylic acids is 1. The van der Waals surface area contributed by atoms with Gasteiger partial charge in [-0.15, -0.1) is 11.3 Å². The highest BCUT2D eigenvalue weighted by molar-refractivity contribution is 7.13. The Morgan fingerprint density at radius 1 is 1.32 bits per heavy atom. The minimum Gasteiger partial charge on any atom is -0.325 e. The largest absolute Gasteiger partial charge is 0.325 e. The van der Waals surface area contributed by atoms with E-state index in [0.717, 1.165) is 21.7 Å². The number of hydrogen-bond donors (Lipinski definition) is 1. The third-order valence-electron chi connectivity index (χ3n) is 3.52. The molecule has 0 fully saturated rings. The molecule has 94 valence electrons.